The smallest absolute Gasteiger partial charge is 0.251 e. The van der Waals surface area contributed by atoms with Crippen molar-refractivity contribution in [3.63, 3.8) is 0 Å². The van der Waals surface area contributed by atoms with Gasteiger partial charge in [0.1, 0.15) is 0 Å². The van der Waals surface area contributed by atoms with Crippen LogP contribution in [-0.2, 0) is 0 Å². The minimum absolute atomic E-state index is 0.00407. The summed E-state index contributed by atoms with van der Waals surface area (Å²) in [7, 11) is 0. The van der Waals surface area contributed by atoms with Crippen molar-refractivity contribution in [2.75, 3.05) is 19.6 Å². The fourth-order valence-corrected chi connectivity index (χ4v) is 4.14. The van der Waals surface area contributed by atoms with Gasteiger partial charge < -0.3 is 10.2 Å². The Kier molecular flexibility index (Phi) is 3.41. The van der Waals surface area contributed by atoms with Gasteiger partial charge in [0.05, 0.1) is 22.1 Å². The maximum absolute atomic E-state index is 12.7. The van der Waals surface area contributed by atoms with Crippen LogP contribution < -0.4 is 5.32 Å². The number of para-hydroxylation sites is 2. The van der Waals surface area contributed by atoms with Crippen LogP contribution in [0.5, 0.6) is 0 Å². The molecular formula is C20H20N4O. The van der Waals surface area contributed by atoms with E-state index in [1.54, 1.807) is 0 Å². The molecule has 5 heteroatoms. The van der Waals surface area contributed by atoms with Gasteiger partial charge in [0.25, 0.3) is 5.91 Å². The lowest BCUT2D eigenvalue weighted by molar-refractivity contribution is 0.0620. The van der Waals surface area contributed by atoms with Crippen LogP contribution >= 0.6 is 0 Å². The molecule has 126 valence electrons. The van der Waals surface area contributed by atoms with Gasteiger partial charge in [-0.05, 0) is 62.2 Å². The number of fused-ring (bicyclic) bond motifs is 5. The highest BCUT2D eigenvalue weighted by molar-refractivity contribution is 5.98. The molecule has 3 aliphatic heterocycles. The number of rotatable bonds is 2. The van der Waals surface area contributed by atoms with Crippen LogP contribution in [0.3, 0.4) is 0 Å². The summed E-state index contributed by atoms with van der Waals surface area (Å²) in [6.45, 7) is 3.33. The molecule has 25 heavy (non-hydrogen) atoms. The van der Waals surface area contributed by atoms with E-state index in [-0.39, 0.29) is 11.9 Å². The topological polar surface area (TPSA) is 58.1 Å². The van der Waals surface area contributed by atoms with Crippen molar-refractivity contribution in [3.8, 4) is 0 Å². The molecule has 2 aromatic carbocycles. The largest absolute Gasteiger partial charge is 0.348 e. The number of nitrogens with one attached hydrogen (secondary N) is 1. The van der Waals surface area contributed by atoms with Crippen LogP contribution in [-0.4, -0.2) is 46.5 Å². The first-order valence-electron chi connectivity index (χ1n) is 8.96. The normalized spacial score (nSPS) is 25.4. The molecule has 0 spiro atoms. The Morgan fingerprint density at radius 2 is 1.64 bits per heavy atom. The molecule has 3 aromatic rings. The maximum Gasteiger partial charge on any atom is 0.251 e. The predicted molar refractivity (Wildman–Crippen MR) is 97.5 cm³/mol. The Balaban J connectivity index is 1.43. The summed E-state index contributed by atoms with van der Waals surface area (Å²) in [6, 6.07) is 13.7. The second-order valence-electron chi connectivity index (χ2n) is 7.13. The van der Waals surface area contributed by atoms with Gasteiger partial charge in [-0.3, -0.25) is 4.79 Å². The zero-order chi connectivity index (χ0) is 16.8. The van der Waals surface area contributed by atoms with Crippen LogP contribution in [0.1, 0.15) is 23.2 Å². The highest BCUT2D eigenvalue weighted by Gasteiger charge is 2.34. The second kappa shape index (κ2) is 5.77. The third-order valence-corrected chi connectivity index (χ3v) is 5.57. The zero-order valence-electron chi connectivity index (χ0n) is 14.0. The standard InChI is InChI=1S/C20H20N4O/c25-20(23-19-12-24-9-7-13(19)8-10-24)14-5-6-17-18(11-14)22-16-4-2-1-3-15(16)21-17/h1-6,11,13,19H,7-10,12H2,(H,23,25). The fourth-order valence-electron chi connectivity index (χ4n) is 4.14. The van der Waals surface area contributed by atoms with Crippen LogP contribution in [0.25, 0.3) is 22.1 Å². The lowest BCUT2D eigenvalue weighted by Crippen LogP contribution is -2.57. The number of hydrogen-bond donors (Lipinski definition) is 1. The van der Waals surface area contributed by atoms with Crippen molar-refractivity contribution in [2.45, 2.75) is 18.9 Å². The van der Waals surface area contributed by atoms with Gasteiger partial charge in [0.2, 0.25) is 0 Å². The Bertz CT molecular complexity index is 962. The highest BCUT2D eigenvalue weighted by Crippen LogP contribution is 2.27. The molecule has 1 N–H and O–H groups in total. The average Bonchev–Trinajstić information content (AvgIpc) is 2.67. The van der Waals surface area contributed by atoms with E-state index in [0.29, 0.717) is 11.5 Å². The van der Waals surface area contributed by atoms with Crippen molar-refractivity contribution < 1.29 is 4.79 Å². The number of hydrogen-bond acceptors (Lipinski definition) is 4. The summed E-state index contributed by atoms with van der Waals surface area (Å²) < 4.78 is 0. The maximum atomic E-state index is 12.7. The van der Waals surface area contributed by atoms with Crippen LogP contribution in [0.4, 0.5) is 0 Å². The molecular weight excluding hydrogens is 312 g/mol. The third-order valence-electron chi connectivity index (χ3n) is 5.57. The molecule has 3 aliphatic rings. The van der Waals surface area contributed by atoms with Crippen LogP contribution in [0, 0.1) is 5.92 Å². The molecule has 2 bridgehead atoms. The average molecular weight is 332 g/mol. The Labute approximate surface area is 146 Å². The van der Waals surface area contributed by atoms with Crippen LogP contribution in [0.15, 0.2) is 42.5 Å². The summed E-state index contributed by atoms with van der Waals surface area (Å²) in [4.78, 5) is 24.4. The molecule has 5 nitrogen and oxygen atoms in total. The van der Waals surface area contributed by atoms with E-state index in [1.807, 2.05) is 42.5 Å². The first-order valence-corrected chi connectivity index (χ1v) is 8.96. The van der Waals surface area contributed by atoms with E-state index >= 15 is 0 Å². The van der Waals surface area contributed by atoms with E-state index in [1.165, 1.54) is 25.9 Å². The summed E-state index contributed by atoms with van der Waals surface area (Å²) in [5, 5.41) is 3.24. The van der Waals surface area contributed by atoms with Crippen molar-refractivity contribution >= 4 is 28.0 Å². The summed E-state index contributed by atoms with van der Waals surface area (Å²) >= 11 is 0. The predicted octanol–water partition coefficient (Wildman–Crippen LogP) is 2.61. The molecule has 0 aliphatic carbocycles. The molecule has 0 saturated carbocycles. The summed E-state index contributed by atoms with van der Waals surface area (Å²) in [5.41, 5.74) is 3.97. The van der Waals surface area contributed by atoms with Gasteiger partial charge in [-0.2, -0.15) is 0 Å². The molecule has 6 rings (SSSR count). The van der Waals surface area contributed by atoms with E-state index in [2.05, 4.69) is 20.2 Å². The molecule has 0 radical (unpaired) electrons. The van der Waals surface area contributed by atoms with Crippen molar-refractivity contribution in [1.29, 1.82) is 0 Å². The molecule has 1 unspecified atom stereocenters. The second-order valence-corrected chi connectivity index (χ2v) is 7.13. The molecule has 3 fully saturated rings. The Hall–Kier alpha value is -2.53. The van der Waals surface area contributed by atoms with E-state index in [4.69, 9.17) is 0 Å². The SMILES string of the molecule is O=C(NC1CN2CCC1CC2)c1ccc2nc3ccccc3nc2c1. The number of nitrogens with zero attached hydrogens (tertiary/aromatic N) is 3. The van der Waals surface area contributed by atoms with Crippen LogP contribution in [0.2, 0.25) is 0 Å². The Morgan fingerprint density at radius 1 is 0.960 bits per heavy atom. The van der Waals surface area contributed by atoms with Gasteiger partial charge in [-0.25, -0.2) is 9.97 Å². The molecule has 3 saturated heterocycles. The van der Waals surface area contributed by atoms with E-state index < -0.39 is 0 Å². The summed E-state index contributed by atoms with van der Waals surface area (Å²) in [5.74, 6) is 0.619. The molecule has 1 atom stereocenters. The first-order chi connectivity index (χ1) is 12.3. The van der Waals surface area contributed by atoms with Gasteiger partial charge in [0, 0.05) is 18.2 Å². The number of aromatic nitrogens is 2. The minimum Gasteiger partial charge on any atom is -0.348 e. The number of carbonyl (C=O) groups excluding carboxylic acids is 1. The minimum atomic E-state index is -0.00407. The third kappa shape index (κ3) is 2.65. The van der Waals surface area contributed by atoms with Crippen molar-refractivity contribution in [2.24, 2.45) is 5.92 Å². The quantitative estimate of drug-likeness (QED) is 0.733. The zero-order valence-corrected chi connectivity index (χ0v) is 14.0. The molecule has 1 amide bonds. The first kappa shape index (κ1) is 14.8. The lowest BCUT2D eigenvalue weighted by atomic mass is 9.84. The highest BCUT2D eigenvalue weighted by atomic mass is 16.1. The number of amides is 1. The van der Waals surface area contributed by atoms with E-state index in [9.17, 15) is 4.79 Å². The van der Waals surface area contributed by atoms with Crippen molar-refractivity contribution in [1.82, 2.24) is 20.2 Å². The molecule has 4 heterocycles. The Morgan fingerprint density at radius 3 is 2.32 bits per heavy atom. The van der Waals surface area contributed by atoms with E-state index in [0.717, 1.165) is 28.6 Å². The number of piperidine rings is 3. The monoisotopic (exact) mass is 332 g/mol. The van der Waals surface area contributed by atoms with Crippen molar-refractivity contribution in [3.05, 3.63) is 48.0 Å². The summed E-state index contributed by atoms with van der Waals surface area (Å²) in [6.07, 6.45) is 2.39. The van der Waals surface area contributed by atoms with Gasteiger partial charge in [-0.1, -0.05) is 12.1 Å². The number of benzene rings is 2. The lowest BCUT2D eigenvalue weighted by Gasteiger charge is -2.44. The fraction of sp³-hybridized carbons (Fsp3) is 0.350. The van der Waals surface area contributed by atoms with Gasteiger partial charge in [-0.15, -0.1) is 0 Å². The molecule has 1 aromatic heterocycles. The van der Waals surface area contributed by atoms with Gasteiger partial charge >= 0.3 is 0 Å². The van der Waals surface area contributed by atoms with Gasteiger partial charge in [0.15, 0.2) is 0 Å². The number of carbonyl (C=O) groups is 1.